The minimum Gasteiger partial charge on any atom is -0.453 e. The fourth-order valence-corrected chi connectivity index (χ4v) is 1.12. The van der Waals surface area contributed by atoms with Crippen LogP contribution in [0.25, 0.3) is 0 Å². The number of hydrogen-bond acceptors (Lipinski definition) is 2. The van der Waals surface area contributed by atoms with Gasteiger partial charge in [-0.1, -0.05) is 35.9 Å². The molecule has 2 nitrogen and oxygen atoms in total. The summed E-state index contributed by atoms with van der Waals surface area (Å²) in [6, 6.07) is 7.61. The Morgan fingerprint density at radius 3 is 2.64 bits per heavy atom. The van der Waals surface area contributed by atoms with Crippen LogP contribution in [0.3, 0.4) is 0 Å². The van der Waals surface area contributed by atoms with Crippen LogP contribution in [-0.4, -0.2) is 13.1 Å². The van der Waals surface area contributed by atoms with Crippen molar-refractivity contribution in [1.82, 2.24) is 0 Å². The van der Waals surface area contributed by atoms with E-state index in [4.69, 9.17) is 11.6 Å². The molecule has 0 spiro atoms. The molecule has 1 rings (SSSR count). The van der Waals surface area contributed by atoms with E-state index in [-0.39, 0.29) is 6.61 Å². The molecule has 1 radical (unpaired) electrons. The summed E-state index contributed by atoms with van der Waals surface area (Å²) in [5.74, 6) is 0. The highest BCUT2D eigenvalue weighted by molar-refractivity contribution is 6.30. The van der Waals surface area contributed by atoms with E-state index in [0.29, 0.717) is 0 Å². The number of carbonyl (C=O) groups excluding carboxylic acids is 1. The highest BCUT2D eigenvalue weighted by Crippen LogP contribution is 2.09. The van der Waals surface area contributed by atoms with E-state index in [2.05, 4.69) is 4.74 Å². The maximum atomic E-state index is 9.68. The first-order chi connectivity index (χ1) is 6.83. The third kappa shape index (κ3) is 4.10. The van der Waals surface area contributed by atoms with Gasteiger partial charge < -0.3 is 4.74 Å². The SMILES string of the molecule is O=[C]OC/C=C/Cc1ccc(Cl)cc1. The van der Waals surface area contributed by atoms with Gasteiger partial charge in [0.15, 0.2) is 0 Å². The van der Waals surface area contributed by atoms with Crippen LogP contribution in [0.1, 0.15) is 5.56 Å². The Morgan fingerprint density at radius 2 is 2.00 bits per heavy atom. The zero-order valence-corrected chi connectivity index (χ0v) is 8.33. The lowest BCUT2D eigenvalue weighted by molar-refractivity contribution is 0.313. The first kappa shape index (κ1) is 10.8. The second-order valence-electron chi connectivity index (χ2n) is 2.70. The van der Waals surface area contributed by atoms with Crippen LogP contribution >= 0.6 is 11.6 Å². The highest BCUT2D eigenvalue weighted by atomic mass is 35.5. The van der Waals surface area contributed by atoms with Crippen molar-refractivity contribution in [3.05, 3.63) is 47.0 Å². The monoisotopic (exact) mass is 209 g/mol. The van der Waals surface area contributed by atoms with Gasteiger partial charge in [0.1, 0.15) is 6.61 Å². The number of ether oxygens (including phenoxy) is 1. The Labute approximate surface area is 88.1 Å². The number of halogens is 1. The quantitative estimate of drug-likeness (QED) is 0.550. The van der Waals surface area contributed by atoms with Crippen molar-refractivity contribution in [3.63, 3.8) is 0 Å². The largest absolute Gasteiger partial charge is 0.453 e. The lowest BCUT2D eigenvalue weighted by Crippen LogP contribution is -1.86. The van der Waals surface area contributed by atoms with E-state index < -0.39 is 0 Å². The van der Waals surface area contributed by atoms with Crippen LogP contribution in [0.5, 0.6) is 0 Å². The summed E-state index contributed by atoms with van der Waals surface area (Å²) in [7, 11) is 0. The predicted octanol–water partition coefficient (Wildman–Crippen LogP) is 2.52. The van der Waals surface area contributed by atoms with E-state index in [0.717, 1.165) is 11.4 Å². The molecule has 1 aromatic carbocycles. The summed E-state index contributed by atoms with van der Waals surface area (Å²) in [5, 5.41) is 0.733. The standard InChI is InChI=1S/C11H10ClO2/c12-11-6-4-10(5-7-11)3-1-2-8-14-9-13/h1-2,4-7H,3,8H2/b2-1+. The van der Waals surface area contributed by atoms with E-state index in [1.54, 1.807) is 6.08 Å². The van der Waals surface area contributed by atoms with Crippen molar-refractivity contribution in [1.29, 1.82) is 0 Å². The Morgan fingerprint density at radius 1 is 1.29 bits per heavy atom. The predicted molar refractivity (Wildman–Crippen MR) is 55.9 cm³/mol. The lowest BCUT2D eigenvalue weighted by Gasteiger charge is -1.95. The molecule has 1 aromatic rings. The average molecular weight is 210 g/mol. The van der Waals surface area contributed by atoms with Crippen LogP contribution in [0, 0.1) is 0 Å². The molecule has 0 fully saturated rings. The molecule has 0 aromatic heterocycles. The molecule has 0 heterocycles. The minimum absolute atomic E-state index is 0.275. The van der Waals surface area contributed by atoms with Gasteiger partial charge in [-0.15, -0.1) is 0 Å². The topological polar surface area (TPSA) is 26.3 Å². The van der Waals surface area contributed by atoms with Crippen molar-refractivity contribution in [3.8, 4) is 0 Å². The molecule has 0 aliphatic carbocycles. The fraction of sp³-hybridized carbons (Fsp3) is 0.182. The van der Waals surface area contributed by atoms with E-state index in [9.17, 15) is 4.79 Å². The number of rotatable bonds is 5. The molecule has 0 atom stereocenters. The first-order valence-electron chi connectivity index (χ1n) is 4.21. The Kier molecular flexibility index (Phi) is 4.79. The molecule has 0 saturated heterocycles. The van der Waals surface area contributed by atoms with Crippen LogP contribution in [-0.2, 0) is 16.0 Å². The van der Waals surface area contributed by atoms with Gasteiger partial charge in [0.25, 0.3) is 0 Å². The molecular weight excluding hydrogens is 200 g/mol. The van der Waals surface area contributed by atoms with Gasteiger partial charge in [0.2, 0.25) is 0 Å². The fourth-order valence-electron chi connectivity index (χ4n) is 0.990. The van der Waals surface area contributed by atoms with Gasteiger partial charge in [-0.2, -0.15) is 0 Å². The maximum Gasteiger partial charge on any atom is 0.417 e. The van der Waals surface area contributed by atoms with Gasteiger partial charge in [-0.25, -0.2) is 4.79 Å². The number of benzene rings is 1. The van der Waals surface area contributed by atoms with Crippen molar-refractivity contribution >= 4 is 18.1 Å². The van der Waals surface area contributed by atoms with Crippen molar-refractivity contribution in [2.24, 2.45) is 0 Å². The van der Waals surface area contributed by atoms with Gasteiger partial charge in [0, 0.05) is 5.02 Å². The summed E-state index contributed by atoms with van der Waals surface area (Å²) in [4.78, 5) is 9.68. The molecule has 73 valence electrons. The lowest BCUT2D eigenvalue weighted by atomic mass is 10.1. The third-order valence-corrected chi connectivity index (χ3v) is 1.92. The second-order valence-corrected chi connectivity index (χ2v) is 3.13. The zero-order valence-electron chi connectivity index (χ0n) is 7.57. The van der Waals surface area contributed by atoms with Gasteiger partial charge in [-0.05, 0) is 24.1 Å². The highest BCUT2D eigenvalue weighted by Gasteiger charge is 1.89. The Bertz CT molecular complexity index is 304. The van der Waals surface area contributed by atoms with Crippen molar-refractivity contribution in [2.75, 3.05) is 6.61 Å². The Hall–Kier alpha value is -1.28. The minimum atomic E-state index is 0.275. The molecule has 0 aliphatic heterocycles. The van der Waals surface area contributed by atoms with Crippen LogP contribution in [0.4, 0.5) is 0 Å². The second kappa shape index (κ2) is 6.22. The van der Waals surface area contributed by atoms with Crippen molar-refractivity contribution in [2.45, 2.75) is 6.42 Å². The van der Waals surface area contributed by atoms with Gasteiger partial charge in [-0.3, -0.25) is 0 Å². The molecular formula is C11H10ClO2. The van der Waals surface area contributed by atoms with E-state index in [1.807, 2.05) is 30.3 Å². The normalized spacial score (nSPS) is 10.4. The summed E-state index contributed by atoms with van der Waals surface area (Å²) in [6.07, 6.45) is 4.51. The molecule has 3 heteroatoms. The summed E-state index contributed by atoms with van der Waals surface area (Å²) >= 11 is 5.73. The van der Waals surface area contributed by atoms with Gasteiger partial charge >= 0.3 is 6.47 Å². The summed E-state index contributed by atoms with van der Waals surface area (Å²) in [6.45, 7) is 1.63. The molecule has 0 bridgehead atoms. The van der Waals surface area contributed by atoms with E-state index >= 15 is 0 Å². The number of hydrogen-bond donors (Lipinski definition) is 0. The number of allylic oxidation sites excluding steroid dienone is 1. The third-order valence-electron chi connectivity index (χ3n) is 1.67. The summed E-state index contributed by atoms with van der Waals surface area (Å²) < 4.78 is 4.38. The molecule has 0 amide bonds. The zero-order chi connectivity index (χ0) is 10.2. The smallest absolute Gasteiger partial charge is 0.417 e. The van der Waals surface area contributed by atoms with Crippen LogP contribution in [0.15, 0.2) is 36.4 Å². The first-order valence-corrected chi connectivity index (χ1v) is 4.59. The Balaban J connectivity index is 2.34. The average Bonchev–Trinajstić information content (AvgIpc) is 2.21. The van der Waals surface area contributed by atoms with Crippen LogP contribution in [0.2, 0.25) is 5.02 Å². The summed E-state index contributed by atoms with van der Waals surface area (Å²) in [5.41, 5.74) is 1.17. The molecule has 0 N–H and O–H groups in total. The maximum absolute atomic E-state index is 9.68. The van der Waals surface area contributed by atoms with Crippen LogP contribution < -0.4 is 0 Å². The van der Waals surface area contributed by atoms with Crippen molar-refractivity contribution < 1.29 is 9.53 Å². The molecule has 0 saturated carbocycles. The molecule has 0 unspecified atom stereocenters. The van der Waals surface area contributed by atoms with E-state index in [1.165, 1.54) is 12.0 Å². The molecule has 0 aliphatic rings. The molecule has 14 heavy (non-hydrogen) atoms. The van der Waals surface area contributed by atoms with Gasteiger partial charge in [0.05, 0.1) is 0 Å².